The number of aromatic nitrogens is 4. The Balaban J connectivity index is 1.84. The number of aliphatic hydroxyl groups is 1. The zero-order valence-electron chi connectivity index (χ0n) is 13.5. The average molecular weight is 417 g/mol. The molecule has 0 aliphatic heterocycles. The van der Waals surface area contributed by atoms with Gasteiger partial charge in [-0.05, 0) is 30.4 Å². The average Bonchev–Trinajstić information content (AvgIpc) is 2.89. The number of fused-ring (bicyclic) bond motifs is 1. The van der Waals surface area contributed by atoms with E-state index in [9.17, 15) is 14.7 Å². The van der Waals surface area contributed by atoms with Crippen molar-refractivity contribution in [1.82, 2.24) is 19.1 Å². The highest BCUT2D eigenvalue weighted by Gasteiger charge is 2.16. The van der Waals surface area contributed by atoms with Crippen molar-refractivity contribution >= 4 is 46.6 Å². The first kappa shape index (κ1) is 18.7. The third kappa shape index (κ3) is 3.56. The van der Waals surface area contributed by atoms with Crippen LogP contribution in [0.5, 0.6) is 5.75 Å². The molecule has 1 aromatic carbocycles. The summed E-state index contributed by atoms with van der Waals surface area (Å²) in [4.78, 5) is 28.8. The number of H-pyrrole nitrogens is 2. The highest BCUT2D eigenvalue weighted by atomic mass is 35.5. The highest BCUT2D eigenvalue weighted by Crippen LogP contribution is 2.27. The van der Waals surface area contributed by atoms with Crippen molar-refractivity contribution in [2.24, 2.45) is 7.05 Å². The van der Waals surface area contributed by atoms with E-state index in [1.54, 1.807) is 12.1 Å². The number of benzene rings is 1. The van der Waals surface area contributed by atoms with Crippen LogP contribution in [0.25, 0.3) is 11.2 Å². The van der Waals surface area contributed by atoms with Gasteiger partial charge < -0.3 is 19.4 Å². The summed E-state index contributed by atoms with van der Waals surface area (Å²) in [5, 5.41) is 11.1. The summed E-state index contributed by atoms with van der Waals surface area (Å²) in [6, 6.07) is 4.74. The maximum Gasteiger partial charge on any atom is 0.329 e. The van der Waals surface area contributed by atoms with Gasteiger partial charge >= 0.3 is 5.69 Å². The lowest BCUT2D eigenvalue weighted by molar-refractivity contribution is 0.0931. The Morgan fingerprint density at radius 1 is 1.31 bits per heavy atom. The number of aryl methyl sites for hydroxylation is 1. The number of hydrogen-bond donors (Lipinski definition) is 3. The van der Waals surface area contributed by atoms with E-state index in [4.69, 9.17) is 40.2 Å². The normalized spacial score (nSPS) is 12.5. The molecule has 0 aliphatic rings. The van der Waals surface area contributed by atoms with Crippen LogP contribution in [0.3, 0.4) is 0 Å². The second kappa shape index (κ2) is 7.28. The number of ether oxygens (including phenoxy) is 1. The zero-order chi connectivity index (χ0) is 19.0. The van der Waals surface area contributed by atoms with E-state index in [-0.39, 0.29) is 29.1 Å². The van der Waals surface area contributed by atoms with Crippen LogP contribution in [-0.2, 0) is 13.6 Å². The molecule has 3 rings (SSSR count). The SMILES string of the molecule is Cn1c(=O)[nH]c(=O)c2c1[nH]c(=S)n2CC(O)COc1ccc(Cl)cc1Cl. The maximum absolute atomic E-state index is 12.1. The first-order chi connectivity index (χ1) is 12.3. The van der Waals surface area contributed by atoms with Crippen LogP contribution in [0, 0.1) is 4.77 Å². The molecule has 138 valence electrons. The van der Waals surface area contributed by atoms with Gasteiger partial charge in [-0.2, -0.15) is 0 Å². The Bertz CT molecular complexity index is 1150. The summed E-state index contributed by atoms with van der Waals surface area (Å²) >= 11 is 17.0. The molecule has 3 N–H and O–H groups in total. The van der Waals surface area contributed by atoms with Gasteiger partial charge in [-0.3, -0.25) is 14.3 Å². The number of rotatable bonds is 5. The molecule has 1 unspecified atom stereocenters. The van der Waals surface area contributed by atoms with Crippen molar-refractivity contribution in [2.45, 2.75) is 12.6 Å². The van der Waals surface area contributed by atoms with Gasteiger partial charge in [-0.1, -0.05) is 23.2 Å². The number of nitrogens with zero attached hydrogens (tertiary/aromatic N) is 2. The van der Waals surface area contributed by atoms with Crippen LogP contribution in [0.15, 0.2) is 27.8 Å². The molecule has 0 aliphatic carbocycles. The minimum Gasteiger partial charge on any atom is -0.489 e. The van der Waals surface area contributed by atoms with Crippen molar-refractivity contribution in [1.29, 1.82) is 0 Å². The van der Waals surface area contributed by atoms with Crippen molar-refractivity contribution in [3.8, 4) is 5.75 Å². The van der Waals surface area contributed by atoms with E-state index in [0.717, 1.165) is 0 Å². The molecule has 3 aromatic rings. The number of hydrogen-bond acceptors (Lipinski definition) is 5. The largest absolute Gasteiger partial charge is 0.489 e. The van der Waals surface area contributed by atoms with Crippen molar-refractivity contribution in [3.63, 3.8) is 0 Å². The van der Waals surface area contributed by atoms with E-state index < -0.39 is 17.4 Å². The summed E-state index contributed by atoms with van der Waals surface area (Å²) < 4.78 is 8.34. The Morgan fingerprint density at radius 2 is 2.04 bits per heavy atom. The third-order valence-corrected chi connectivity index (χ3v) is 4.61. The van der Waals surface area contributed by atoms with E-state index >= 15 is 0 Å². The molecule has 8 nitrogen and oxygen atoms in total. The number of aromatic amines is 2. The van der Waals surface area contributed by atoms with E-state index in [1.807, 2.05) is 0 Å². The van der Waals surface area contributed by atoms with Crippen LogP contribution in [-0.4, -0.2) is 36.9 Å². The quantitative estimate of drug-likeness (QED) is 0.550. The number of aliphatic hydroxyl groups excluding tert-OH is 1. The van der Waals surface area contributed by atoms with Gasteiger partial charge in [0.15, 0.2) is 10.3 Å². The van der Waals surface area contributed by atoms with Gasteiger partial charge in [0.25, 0.3) is 5.56 Å². The maximum atomic E-state index is 12.1. The van der Waals surface area contributed by atoms with Crippen molar-refractivity contribution in [3.05, 3.63) is 53.9 Å². The molecule has 0 spiro atoms. The van der Waals surface area contributed by atoms with Gasteiger partial charge in [0, 0.05) is 12.1 Å². The van der Waals surface area contributed by atoms with E-state index in [2.05, 4.69) is 9.97 Å². The molecule has 0 bridgehead atoms. The summed E-state index contributed by atoms with van der Waals surface area (Å²) in [7, 11) is 1.50. The lowest BCUT2D eigenvalue weighted by Gasteiger charge is -2.14. The molecular weight excluding hydrogens is 403 g/mol. The van der Waals surface area contributed by atoms with Crippen LogP contribution in [0.4, 0.5) is 0 Å². The number of imidazole rings is 1. The summed E-state index contributed by atoms with van der Waals surface area (Å²) in [5.41, 5.74) is -0.713. The first-order valence-electron chi connectivity index (χ1n) is 7.45. The number of halogens is 2. The lowest BCUT2D eigenvalue weighted by Crippen LogP contribution is -2.30. The van der Waals surface area contributed by atoms with Crippen molar-refractivity contribution in [2.75, 3.05) is 6.61 Å². The predicted octanol–water partition coefficient (Wildman–Crippen LogP) is 1.83. The Kier molecular flexibility index (Phi) is 5.24. The predicted molar refractivity (Wildman–Crippen MR) is 101 cm³/mol. The Morgan fingerprint density at radius 3 is 2.73 bits per heavy atom. The molecule has 0 radical (unpaired) electrons. The minimum absolute atomic E-state index is 0.00861. The second-order valence-corrected chi connectivity index (χ2v) is 6.83. The minimum atomic E-state index is -0.982. The topological polar surface area (TPSA) is 105 Å². The molecule has 2 heterocycles. The smallest absolute Gasteiger partial charge is 0.329 e. The van der Waals surface area contributed by atoms with Gasteiger partial charge in [0.1, 0.15) is 24.1 Å². The van der Waals surface area contributed by atoms with Gasteiger partial charge in [-0.25, -0.2) is 4.79 Å². The Labute approximate surface area is 161 Å². The zero-order valence-corrected chi connectivity index (χ0v) is 15.8. The summed E-state index contributed by atoms with van der Waals surface area (Å²) in [5.74, 6) is 0.373. The van der Waals surface area contributed by atoms with E-state index in [1.165, 1.54) is 22.2 Å². The molecule has 2 aromatic heterocycles. The molecule has 11 heteroatoms. The fraction of sp³-hybridized carbons (Fsp3) is 0.267. The number of nitrogens with one attached hydrogen (secondary N) is 2. The molecule has 0 fully saturated rings. The fourth-order valence-electron chi connectivity index (χ4n) is 2.49. The monoisotopic (exact) mass is 416 g/mol. The Hall–Kier alpha value is -2.07. The second-order valence-electron chi connectivity index (χ2n) is 5.60. The van der Waals surface area contributed by atoms with Gasteiger partial charge in [0.2, 0.25) is 0 Å². The molecule has 26 heavy (non-hydrogen) atoms. The van der Waals surface area contributed by atoms with Crippen LogP contribution in [0.2, 0.25) is 10.0 Å². The van der Waals surface area contributed by atoms with Crippen LogP contribution in [0.1, 0.15) is 0 Å². The van der Waals surface area contributed by atoms with Gasteiger partial charge in [-0.15, -0.1) is 0 Å². The lowest BCUT2D eigenvalue weighted by atomic mass is 10.3. The van der Waals surface area contributed by atoms with Crippen LogP contribution >= 0.6 is 35.4 Å². The molecular formula is C15H14Cl2N4O4S. The van der Waals surface area contributed by atoms with Gasteiger partial charge in [0.05, 0.1) is 11.6 Å². The molecule has 0 saturated heterocycles. The fourth-order valence-corrected chi connectivity index (χ4v) is 3.21. The van der Waals surface area contributed by atoms with Crippen LogP contribution < -0.4 is 16.0 Å². The molecule has 1 atom stereocenters. The van der Waals surface area contributed by atoms with Crippen molar-refractivity contribution < 1.29 is 9.84 Å². The summed E-state index contributed by atoms with van der Waals surface area (Å²) in [6.45, 7) is -0.0925. The third-order valence-electron chi connectivity index (χ3n) is 3.76. The molecule has 0 saturated carbocycles. The standard InChI is InChI=1S/C15H14Cl2N4O4S/c1-20-12-11(13(23)19-14(20)24)21(15(26)18-12)5-8(22)6-25-10-3-2-7(16)4-9(10)17/h2-4,8,22H,5-6H2,1H3,(H,18,26)(H,19,23,24). The summed E-state index contributed by atoms with van der Waals surface area (Å²) in [6.07, 6.45) is -0.982. The molecule has 0 amide bonds. The van der Waals surface area contributed by atoms with E-state index in [0.29, 0.717) is 15.8 Å². The highest BCUT2D eigenvalue weighted by molar-refractivity contribution is 7.71. The first-order valence-corrected chi connectivity index (χ1v) is 8.62.